The summed E-state index contributed by atoms with van der Waals surface area (Å²) in [5, 5.41) is 19.7. The SMILES string of the molecule is Clc1ccc2c(c1)N=C(N1CCNCC1)c1ccccc1O2.O=C(O)/C=C/C(=O)O. The molecule has 0 aliphatic carbocycles. The van der Waals surface area contributed by atoms with Crippen LogP contribution in [0.3, 0.4) is 0 Å². The van der Waals surface area contributed by atoms with E-state index in [1.54, 1.807) is 0 Å². The molecule has 4 rings (SSSR count). The first-order chi connectivity index (χ1) is 14.4. The van der Waals surface area contributed by atoms with Gasteiger partial charge in [-0.25, -0.2) is 14.6 Å². The summed E-state index contributed by atoms with van der Waals surface area (Å²) in [5.41, 5.74) is 1.80. The molecule has 1 fully saturated rings. The fraction of sp³-hybridized carbons (Fsp3) is 0.190. The molecule has 30 heavy (non-hydrogen) atoms. The van der Waals surface area contributed by atoms with Gasteiger partial charge in [-0.2, -0.15) is 0 Å². The summed E-state index contributed by atoms with van der Waals surface area (Å²) < 4.78 is 6.06. The lowest BCUT2D eigenvalue weighted by atomic mass is 10.1. The average molecular weight is 430 g/mol. The number of aliphatic imine (C=N–C) groups is 1. The highest BCUT2D eigenvalue weighted by Crippen LogP contribution is 2.39. The smallest absolute Gasteiger partial charge is 0.328 e. The van der Waals surface area contributed by atoms with Gasteiger partial charge in [-0.15, -0.1) is 0 Å². The van der Waals surface area contributed by atoms with Gasteiger partial charge in [-0.05, 0) is 30.3 Å². The second-order valence-corrected chi connectivity index (χ2v) is 6.83. The minimum atomic E-state index is -1.26. The van der Waals surface area contributed by atoms with Crippen LogP contribution in [0.15, 0.2) is 59.6 Å². The van der Waals surface area contributed by atoms with Gasteiger partial charge in [0.25, 0.3) is 0 Å². The third-order valence-corrected chi connectivity index (χ3v) is 4.52. The molecule has 0 amide bonds. The van der Waals surface area contributed by atoms with Crippen molar-refractivity contribution >= 4 is 35.1 Å². The van der Waals surface area contributed by atoms with Crippen molar-refractivity contribution in [3.8, 4) is 11.5 Å². The molecule has 0 bridgehead atoms. The number of carboxylic acids is 2. The molecule has 156 valence electrons. The van der Waals surface area contributed by atoms with Crippen LogP contribution in [-0.2, 0) is 9.59 Å². The molecule has 0 saturated carbocycles. The molecular formula is C21H20ClN3O5. The Hall–Kier alpha value is -3.36. The first-order valence-electron chi connectivity index (χ1n) is 9.19. The number of nitrogens with one attached hydrogen (secondary N) is 1. The van der Waals surface area contributed by atoms with E-state index in [0.717, 1.165) is 54.8 Å². The van der Waals surface area contributed by atoms with Crippen LogP contribution in [0.25, 0.3) is 0 Å². The summed E-state index contributed by atoms with van der Waals surface area (Å²) in [6, 6.07) is 13.6. The van der Waals surface area contributed by atoms with E-state index in [1.807, 2.05) is 36.4 Å². The van der Waals surface area contributed by atoms with Gasteiger partial charge in [0.05, 0.1) is 5.56 Å². The quantitative estimate of drug-likeness (QED) is 0.629. The molecule has 2 aliphatic rings. The standard InChI is InChI=1S/C17H16ClN3O.C4H4O4/c18-12-5-6-16-14(11-12)20-17(21-9-7-19-8-10-21)13-3-1-2-4-15(13)22-16;5-3(6)1-2-4(7)8/h1-6,11,19H,7-10H2;1-2H,(H,5,6)(H,7,8)/b;2-1+. The Labute approximate surface area is 178 Å². The second kappa shape index (κ2) is 9.91. The fourth-order valence-corrected chi connectivity index (χ4v) is 3.12. The highest BCUT2D eigenvalue weighted by molar-refractivity contribution is 6.31. The lowest BCUT2D eigenvalue weighted by Gasteiger charge is -2.30. The normalized spacial score (nSPS) is 15.0. The third kappa shape index (κ3) is 5.59. The van der Waals surface area contributed by atoms with Crippen LogP contribution in [-0.4, -0.2) is 59.1 Å². The van der Waals surface area contributed by atoms with Crippen molar-refractivity contribution in [3.63, 3.8) is 0 Å². The van der Waals surface area contributed by atoms with Crippen LogP contribution in [0, 0.1) is 0 Å². The molecule has 0 aromatic heterocycles. The van der Waals surface area contributed by atoms with Crippen LogP contribution in [0.2, 0.25) is 5.02 Å². The lowest BCUT2D eigenvalue weighted by molar-refractivity contribution is -0.134. The number of benzene rings is 2. The average Bonchev–Trinajstić information content (AvgIpc) is 2.90. The minimum absolute atomic E-state index is 0.558. The first kappa shape index (κ1) is 21.4. The number of fused-ring (bicyclic) bond motifs is 2. The predicted molar refractivity (Wildman–Crippen MR) is 113 cm³/mol. The van der Waals surface area contributed by atoms with Gasteiger partial charge < -0.3 is 25.2 Å². The van der Waals surface area contributed by atoms with Gasteiger partial charge in [-0.1, -0.05) is 23.7 Å². The Bertz CT molecular complexity index is 984. The number of halogens is 1. The van der Waals surface area contributed by atoms with Gasteiger partial charge in [0.15, 0.2) is 5.75 Å². The van der Waals surface area contributed by atoms with E-state index in [9.17, 15) is 9.59 Å². The number of carbonyl (C=O) groups is 2. The van der Waals surface area contributed by atoms with E-state index in [2.05, 4.69) is 16.3 Å². The van der Waals surface area contributed by atoms with Crippen molar-refractivity contribution in [2.75, 3.05) is 26.2 Å². The van der Waals surface area contributed by atoms with Crippen LogP contribution in [0.4, 0.5) is 5.69 Å². The number of nitrogens with zero attached hydrogens (tertiary/aromatic N) is 2. The molecule has 2 heterocycles. The number of aliphatic carboxylic acids is 2. The van der Waals surface area contributed by atoms with Crippen molar-refractivity contribution in [3.05, 3.63) is 65.2 Å². The topological polar surface area (TPSA) is 111 Å². The lowest BCUT2D eigenvalue weighted by Crippen LogP contribution is -2.46. The number of hydrogen-bond donors (Lipinski definition) is 3. The zero-order valence-corrected chi connectivity index (χ0v) is 16.7. The van der Waals surface area contributed by atoms with Crippen LogP contribution in [0.1, 0.15) is 5.56 Å². The number of rotatable bonds is 2. The van der Waals surface area contributed by atoms with E-state index in [1.165, 1.54) is 0 Å². The summed E-state index contributed by atoms with van der Waals surface area (Å²) in [5.74, 6) is 0.0146. The van der Waals surface area contributed by atoms with Gasteiger partial charge >= 0.3 is 11.9 Å². The highest BCUT2D eigenvalue weighted by atomic mass is 35.5. The maximum absolute atomic E-state index is 9.55. The molecule has 2 aromatic rings. The molecule has 9 heteroatoms. The van der Waals surface area contributed by atoms with E-state index < -0.39 is 11.9 Å². The first-order valence-corrected chi connectivity index (χ1v) is 9.57. The van der Waals surface area contributed by atoms with Gasteiger partial charge in [0, 0.05) is 43.4 Å². The van der Waals surface area contributed by atoms with Gasteiger partial charge in [0.1, 0.15) is 17.3 Å². The molecule has 3 N–H and O–H groups in total. The minimum Gasteiger partial charge on any atom is -0.478 e. The monoisotopic (exact) mass is 429 g/mol. The maximum atomic E-state index is 9.55. The number of hydrogen-bond acceptors (Lipinski definition) is 6. The largest absolute Gasteiger partial charge is 0.478 e. The Morgan fingerprint density at radius 3 is 2.37 bits per heavy atom. The highest BCUT2D eigenvalue weighted by Gasteiger charge is 2.23. The van der Waals surface area contributed by atoms with Crippen LogP contribution < -0.4 is 10.1 Å². The number of amidine groups is 1. The maximum Gasteiger partial charge on any atom is 0.328 e. The molecule has 0 spiro atoms. The van der Waals surface area contributed by atoms with E-state index in [4.69, 9.17) is 31.5 Å². The molecule has 2 aromatic carbocycles. The van der Waals surface area contributed by atoms with Crippen LogP contribution in [0.5, 0.6) is 11.5 Å². The number of ether oxygens (including phenoxy) is 1. The molecule has 2 aliphatic heterocycles. The van der Waals surface area contributed by atoms with E-state index in [0.29, 0.717) is 17.2 Å². The van der Waals surface area contributed by atoms with Crippen molar-refractivity contribution < 1.29 is 24.5 Å². The van der Waals surface area contributed by atoms with Crippen molar-refractivity contribution in [1.29, 1.82) is 0 Å². The molecule has 0 radical (unpaired) electrons. The van der Waals surface area contributed by atoms with Gasteiger partial charge in [-0.3, -0.25) is 0 Å². The summed E-state index contributed by atoms with van der Waals surface area (Å²) in [7, 11) is 0. The Morgan fingerprint density at radius 1 is 1.03 bits per heavy atom. The molecule has 8 nitrogen and oxygen atoms in total. The van der Waals surface area contributed by atoms with Gasteiger partial charge in [0.2, 0.25) is 0 Å². The fourth-order valence-electron chi connectivity index (χ4n) is 2.96. The Morgan fingerprint density at radius 2 is 1.70 bits per heavy atom. The molecule has 1 saturated heterocycles. The van der Waals surface area contributed by atoms with Crippen LogP contribution >= 0.6 is 11.6 Å². The molecular weight excluding hydrogens is 410 g/mol. The third-order valence-electron chi connectivity index (χ3n) is 4.28. The van der Waals surface area contributed by atoms with E-state index in [-0.39, 0.29) is 0 Å². The summed E-state index contributed by atoms with van der Waals surface area (Å²) in [6.45, 7) is 3.79. The zero-order chi connectivity index (χ0) is 21.5. The summed E-state index contributed by atoms with van der Waals surface area (Å²) in [4.78, 5) is 26.3. The molecule has 0 unspecified atom stereocenters. The predicted octanol–water partition coefficient (Wildman–Crippen LogP) is 3.14. The Kier molecular flexibility index (Phi) is 7.05. The Balaban J connectivity index is 0.000000275. The van der Waals surface area contributed by atoms with E-state index >= 15 is 0 Å². The van der Waals surface area contributed by atoms with Crippen molar-refractivity contribution in [1.82, 2.24) is 10.2 Å². The summed E-state index contributed by atoms with van der Waals surface area (Å²) >= 11 is 6.13. The number of carboxylic acid groups (broad SMARTS) is 2. The molecule has 0 atom stereocenters. The zero-order valence-electron chi connectivity index (χ0n) is 15.9. The number of piperazine rings is 1. The van der Waals surface area contributed by atoms with Crippen molar-refractivity contribution in [2.24, 2.45) is 4.99 Å². The second-order valence-electron chi connectivity index (χ2n) is 6.39. The number of para-hydroxylation sites is 1. The van der Waals surface area contributed by atoms with Crippen molar-refractivity contribution in [2.45, 2.75) is 0 Å². The summed E-state index contributed by atoms with van der Waals surface area (Å²) in [6.07, 6.45) is 1.12.